The number of ether oxygens (including phenoxy) is 1. The van der Waals surface area contributed by atoms with Crippen LogP contribution in [0.25, 0.3) is 0 Å². The van der Waals surface area contributed by atoms with Gasteiger partial charge in [-0.2, -0.15) is 0 Å². The van der Waals surface area contributed by atoms with Gasteiger partial charge in [0.2, 0.25) is 0 Å². The largest absolute Gasteiger partial charge is 0.489 e. The van der Waals surface area contributed by atoms with Crippen molar-refractivity contribution in [3.8, 4) is 5.75 Å². The number of benzene rings is 1. The third-order valence-electron chi connectivity index (χ3n) is 3.41. The van der Waals surface area contributed by atoms with Gasteiger partial charge < -0.3 is 18.9 Å². The van der Waals surface area contributed by atoms with E-state index in [9.17, 15) is 9.90 Å². The van der Waals surface area contributed by atoms with Gasteiger partial charge in [0.15, 0.2) is 6.49 Å². The van der Waals surface area contributed by atoms with E-state index in [1.54, 1.807) is 18.2 Å². The van der Waals surface area contributed by atoms with Crippen molar-refractivity contribution in [2.45, 2.75) is 40.2 Å². The van der Waals surface area contributed by atoms with Crippen molar-refractivity contribution in [3.63, 3.8) is 0 Å². The molecule has 7 nitrogen and oxygen atoms in total. The van der Waals surface area contributed by atoms with Gasteiger partial charge in [0.25, 0.3) is 0 Å². The topological polar surface area (TPSA) is 80.3 Å². The molecule has 0 aliphatic heterocycles. The highest BCUT2D eigenvalue weighted by Crippen LogP contribution is 2.48. The lowest BCUT2D eigenvalue weighted by atomic mass is 10.2. The molecular formula is C18H31N2O5PS2. The van der Waals surface area contributed by atoms with Gasteiger partial charge in [0.1, 0.15) is 5.75 Å². The van der Waals surface area contributed by atoms with Crippen molar-refractivity contribution in [1.82, 2.24) is 4.72 Å². The van der Waals surface area contributed by atoms with Gasteiger partial charge in [-0.15, -0.1) is 0 Å². The molecule has 1 aromatic rings. The fraction of sp³-hybridized carbons (Fsp3) is 0.611. The summed E-state index contributed by atoms with van der Waals surface area (Å²) in [7, 11) is 0. The van der Waals surface area contributed by atoms with Gasteiger partial charge in [0.05, 0.1) is 30.9 Å². The molecule has 0 atom stereocenters. The summed E-state index contributed by atoms with van der Waals surface area (Å²) >= 11 is 6.82. The fourth-order valence-corrected chi connectivity index (χ4v) is 5.79. The first-order valence-corrected chi connectivity index (χ1v) is 13.1. The third kappa shape index (κ3) is 9.11. The number of rotatable bonds is 14. The quantitative estimate of drug-likeness (QED) is 0.179. The SMILES string of the molecule is CCOP(=S)(CCCNSCN(C(=O)O)c1ccccc1OC(C)C)OCC. The van der Waals surface area contributed by atoms with Gasteiger partial charge in [0, 0.05) is 12.7 Å². The van der Waals surface area contributed by atoms with Crippen molar-refractivity contribution >= 4 is 42.0 Å². The van der Waals surface area contributed by atoms with Gasteiger partial charge in [-0.05, 0) is 58.1 Å². The minimum Gasteiger partial charge on any atom is -0.489 e. The van der Waals surface area contributed by atoms with Crippen molar-refractivity contribution in [2.24, 2.45) is 0 Å². The van der Waals surface area contributed by atoms with Crippen LogP contribution in [0.1, 0.15) is 34.1 Å². The van der Waals surface area contributed by atoms with Crippen molar-refractivity contribution in [3.05, 3.63) is 24.3 Å². The zero-order valence-electron chi connectivity index (χ0n) is 16.9. The molecule has 2 N–H and O–H groups in total. The Morgan fingerprint density at radius 3 is 2.50 bits per heavy atom. The van der Waals surface area contributed by atoms with Crippen LogP contribution in [0, 0.1) is 0 Å². The maximum Gasteiger partial charge on any atom is 0.412 e. The molecule has 28 heavy (non-hydrogen) atoms. The van der Waals surface area contributed by atoms with Gasteiger partial charge in [-0.25, -0.2) is 4.79 Å². The van der Waals surface area contributed by atoms with Crippen LogP contribution in [0.4, 0.5) is 10.5 Å². The summed E-state index contributed by atoms with van der Waals surface area (Å²) in [6, 6.07) is 7.14. The fourth-order valence-electron chi connectivity index (χ4n) is 2.35. The molecule has 0 aromatic heterocycles. The molecule has 1 aromatic carbocycles. The number of carboxylic acid groups (broad SMARTS) is 1. The zero-order valence-corrected chi connectivity index (χ0v) is 19.4. The molecule has 1 rings (SSSR count). The summed E-state index contributed by atoms with van der Waals surface area (Å²) in [4.78, 5) is 13.0. The second-order valence-electron chi connectivity index (χ2n) is 6.04. The van der Waals surface area contributed by atoms with Crippen LogP contribution in [0.15, 0.2) is 24.3 Å². The van der Waals surface area contributed by atoms with E-state index in [1.165, 1.54) is 16.8 Å². The highest BCUT2D eigenvalue weighted by atomic mass is 32.5. The van der Waals surface area contributed by atoms with E-state index in [1.807, 2.05) is 33.8 Å². The molecule has 0 radical (unpaired) electrons. The molecular weight excluding hydrogens is 419 g/mol. The monoisotopic (exact) mass is 450 g/mol. The van der Waals surface area contributed by atoms with Crippen LogP contribution < -0.4 is 14.4 Å². The van der Waals surface area contributed by atoms with E-state index in [0.29, 0.717) is 37.4 Å². The first kappa shape index (κ1) is 25.2. The maximum atomic E-state index is 11.7. The number of amides is 1. The lowest BCUT2D eigenvalue weighted by Crippen LogP contribution is -2.31. The van der Waals surface area contributed by atoms with Crippen LogP contribution in [0.2, 0.25) is 0 Å². The maximum absolute atomic E-state index is 11.7. The van der Waals surface area contributed by atoms with Crippen LogP contribution in [-0.4, -0.2) is 49.1 Å². The van der Waals surface area contributed by atoms with Crippen LogP contribution in [-0.2, 0) is 20.9 Å². The number of hydrogen-bond donors (Lipinski definition) is 2. The second kappa shape index (κ2) is 13.4. The molecule has 0 aliphatic carbocycles. The number of hydrogen-bond acceptors (Lipinski definition) is 7. The molecule has 0 spiro atoms. The predicted molar refractivity (Wildman–Crippen MR) is 120 cm³/mol. The normalized spacial score (nSPS) is 11.6. The summed E-state index contributed by atoms with van der Waals surface area (Å²) in [6.45, 7) is 7.21. The van der Waals surface area contributed by atoms with E-state index < -0.39 is 12.6 Å². The molecule has 0 bridgehead atoms. The molecule has 0 saturated heterocycles. The summed E-state index contributed by atoms with van der Waals surface area (Å²) in [5, 5.41) is 9.60. The first-order valence-electron chi connectivity index (χ1n) is 9.31. The summed E-state index contributed by atoms with van der Waals surface area (Å²) < 4.78 is 20.2. The Hall–Kier alpha value is -0.830. The van der Waals surface area contributed by atoms with E-state index in [4.69, 9.17) is 25.6 Å². The van der Waals surface area contributed by atoms with Gasteiger partial charge >= 0.3 is 6.09 Å². The minimum atomic E-state index is -2.21. The number of nitrogens with zero attached hydrogens (tertiary/aromatic N) is 1. The number of carbonyl (C=O) groups is 1. The number of anilines is 1. The Bertz CT molecular complexity index is 638. The average Bonchev–Trinajstić information content (AvgIpc) is 2.61. The third-order valence-corrected chi connectivity index (χ3v) is 7.55. The second-order valence-corrected chi connectivity index (χ2v) is 10.7. The summed E-state index contributed by atoms with van der Waals surface area (Å²) in [6.07, 6.45) is 0.410. The highest BCUT2D eigenvalue weighted by Gasteiger charge is 2.20. The molecule has 0 saturated carbocycles. The van der Waals surface area contributed by atoms with Gasteiger partial charge in [-0.1, -0.05) is 24.1 Å². The van der Waals surface area contributed by atoms with Crippen LogP contribution in [0.5, 0.6) is 5.75 Å². The van der Waals surface area contributed by atoms with Gasteiger partial charge in [-0.3, -0.25) is 9.62 Å². The summed E-state index contributed by atoms with van der Waals surface area (Å²) in [5.41, 5.74) is 0.529. The average molecular weight is 451 g/mol. The Morgan fingerprint density at radius 2 is 1.93 bits per heavy atom. The van der Waals surface area contributed by atoms with E-state index in [0.717, 1.165) is 6.42 Å². The standard InChI is InChI=1S/C18H31N2O5PS2/c1-5-23-26(27,24-6-2)13-9-12-19-28-14-20(18(21)22)16-10-7-8-11-17(16)25-15(3)4/h7-8,10-11,15,19H,5-6,9,12-14H2,1-4H3,(H,21,22). The minimum absolute atomic E-state index is 0.0414. The smallest absolute Gasteiger partial charge is 0.412 e. The lowest BCUT2D eigenvalue weighted by Gasteiger charge is -2.23. The summed E-state index contributed by atoms with van der Waals surface area (Å²) in [5.74, 6) is 0.786. The van der Waals surface area contributed by atoms with E-state index >= 15 is 0 Å². The highest BCUT2D eigenvalue weighted by molar-refractivity contribution is 8.09. The Kier molecular flexibility index (Phi) is 12.1. The lowest BCUT2D eigenvalue weighted by molar-refractivity contribution is 0.202. The molecule has 0 heterocycles. The zero-order chi connectivity index (χ0) is 21.0. The first-order chi connectivity index (χ1) is 13.3. The van der Waals surface area contributed by atoms with Crippen LogP contribution >= 0.6 is 18.4 Å². The Morgan fingerprint density at radius 1 is 1.29 bits per heavy atom. The van der Waals surface area contributed by atoms with Crippen molar-refractivity contribution in [2.75, 3.05) is 36.7 Å². The van der Waals surface area contributed by atoms with Crippen molar-refractivity contribution in [1.29, 1.82) is 0 Å². The molecule has 0 unspecified atom stereocenters. The molecule has 0 fully saturated rings. The van der Waals surface area contributed by atoms with E-state index in [-0.39, 0.29) is 12.0 Å². The number of nitrogens with one attached hydrogen (secondary N) is 1. The molecule has 10 heteroatoms. The Balaban J connectivity index is 2.53. The Labute approximate surface area is 177 Å². The van der Waals surface area contributed by atoms with Crippen LogP contribution in [0.3, 0.4) is 0 Å². The van der Waals surface area contributed by atoms with E-state index in [2.05, 4.69) is 4.72 Å². The van der Waals surface area contributed by atoms with Crippen molar-refractivity contribution < 1.29 is 23.7 Å². The molecule has 0 aliphatic rings. The number of para-hydroxylation sites is 2. The predicted octanol–water partition coefficient (Wildman–Crippen LogP) is 4.93. The molecule has 1 amide bonds. The molecule has 160 valence electrons.